The fraction of sp³-hybridized carbons (Fsp3) is 0.167. The molecule has 0 bridgehead atoms. The maximum atomic E-state index is 11.4. The fourth-order valence-electron chi connectivity index (χ4n) is 2.40. The Labute approximate surface area is 257 Å². The molecule has 0 aliphatic carbocycles. The van der Waals surface area contributed by atoms with Crippen molar-refractivity contribution in [3.05, 3.63) is 51.0 Å². The molecule has 0 saturated heterocycles. The Morgan fingerprint density at radius 3 is 1.91 bits per heavy atom. The zero-order chi connectivity index (χ0) is 21.1. The van der Waals surface area contributed by atoms with Gasteiger partial charge in [-0.1, -0.05) is 12.1 Å². The molecule has 32 heavy (non-hydrogen) atoms. The second-order valence-electron chi connectivity index (χ2n) is 5.78. The first-order valence-corrected chi connectivity index (χ1v) is 9.69. The number of thiazole rings is 2. The predicted octanol–water partition coefficient (Wildman–Crippen LogP) is -9.81. The van der Waals surface area contributed by atoms with Crippen LogP contribution < -0.4 is 109 Å². The number of carbonyl (C=O) groups excluding carboxylic acids is 3. The van der Waals surface area contributed by atoms with Crippen molar-refractivity contribution in [1.82, 2.24) is 9.97 Å². The van der Waals surface area contributed by atoms with Crippen LogP contribution in [0.4, 0.5) is 0 Å². The van der Waals surface area contributed by atoms with E-state index < -0.39 is 17.9 Å². The van der Waals surface area contributed by atoms with Crippen molar-refractivity contribution in [2.75, 3.05) is 0 Å². The molecular formula is C18H11N2Na3O7S2. The minimum absolute atomic E-state index is 0. The van der Waals surface area contributed by atoms with Gasteiger partial charge in [-0.15, -0.1) is 22.7 Å². The van der Waals surface area contributed by atoms with Crippen LogP contribution in [0.1, 0.15) is 36.3 Å². The second kappa shape index (κ2) is 14.2. The van der Waals surface area contributed by atoms with Crippen molar-refractivity contribution >= 4 is 40.6 Å². The number of rotatable bonds is 8. The molecule has 0 fully saturated rings. The van der Waals surface area contributed by atoms with Gasteiger partial charge in [0.2, 0.25) is 0 Å². The van der Waals surface area contributed by atoms with E-state index in [1.165, 1.54) is 6.92 Å². The maximum absolute atomic E-state index is 11.4. The Bertz CT molecular complexity index is 1100. The van der Waals surface area contributed by atoms with E-state index in [0.717, 1.165) is 22.7 Å². The van der Waals surface area contributed by atoms with E-state index in [2.05, 4.69) is 9.97 Å². The third-order valence-corrected chi connectivity index (χ3v) is 6.05. The SMILES string of the molecule is Cc1nc(-c2nc(COc3ccc(CC(=O)[O-])cc3)c(C(=O)[O-])s2)sc1C(=O)[O-].[Na+].[Na+].[Na+]. The Kier molecular flexibility index (Phi) is 14.0. The quantitative estimate of drug-likeness (QED) is 0.274. The first kappa shape index (κ1) is 31.7. The number of aromatic carboxylic acids is 2. The summed E-state index contributed by atoms with van der Waals surface area (Å²) in [6.45, 7) is 1.32. The number of aryl methyl sites for hydroxylation is 1. The van der Waals surface area contributed by atoms with Crippen molar-refractivity contribution in [3.63, 3.8) is 0 Å². The number of carboxylic acids is 3. The molecule has 0 atom stereocenters. The van der Waals surface area contributed by atoms with Gasteiger partial charge in [0.1, 0.15) is 12.4 Å². The summed E-state index contributed by atoms with van der Waals surface area (Å²) in [6.07, 6.45) is -0.231. The first-order valence-electron chi connectivity index (χ1n) is 8.06. The zero-order valence-corrected chi connectivity index (χ0v) is 25.4. The monoisotopic (exact) mass is 500 g/mol. The van der Waals surface area contributed by atoms with E-state index in [1.54, 1.807) is 24.3 Å². The van der Waals surface area contributed by atoms with Crippen LogP contribution in [0, 0.1) is 6.92 Å². The Hall–Kier alpha value is -0.310. The molecule has 3 aromatic rings. The van der Waals surface area contributed by atoms with Crippen molar-refractivity contribution in [3.8, 4) is 15.8 Å². The van der Waals surface area contributed by atoms with E-state index >= 15 is 0 Å². The molecule has 0 saturated carbocycles. The molecule has 0 aliphatic heterocycles. The van der Waals surface area contributed by atoms with Gasteiger partial charge < -0.3 is 34.4 Å². The molecule has 2 aromatic heterocycles. The molecule has 1 aromatic carbocycles. The van der Waals surface area contributed by atoms with Crippen molar-refractivity contribution in [2.45, 2.75) is 20.0 Å². The number of aromatic nitrogens is 2. The summed E-state index contributed by atoms with van der Waals surface area (Å²) in [6, 6.07) is 6.19. The van der Waals surface area contributed by atoms with Crippen LogP contribution >= 0.6 is 22.7 Å². The normalized spacial score (nSPS) is 9.66. The van der Waals surface area contributed by atoms with E-state index in [0.29, 0.717) is 11.3 Å². The minimum atomic E-state index is -1.44. The number of ether oxygens (including phenoxy) is 1. The van der Waals surface area contributed by atoms with Crippen molar-refractivity contribution < 1.29 is 123 Å². The van der Waals surface area contributed by atoms with Gasteiger partial charge in [-0.2, -0.15) is 0 Å². The van der Waals surface area contributed by atoms with Gasteiger partial charge >= 0.3 is 88.7 Å². The molecule has 0 radical (unpaired) electrons. The summed E-state index contributed by atoms with van der Waals surface area (Å²) in [5.74, 6) is -3.62. The van der Waals surface area contributed by atoms with Crippen LogP contribution in [0.5, 0.6) is 5.75 Å². The molecule has 9 nitrogen and oxygen atoms in total. The van der Waals surface area contributed by atoms with Gasteiger partial charge in [0.15, 0.2) is 10.0 Å². The second-order valence-corrected chi connectivity index (χ2v) is 7.78. The number of nitrogens with zero attached hydrogens (tertiary/aromatic N) is 2. The number of benzene rings is 1. The summed E-state index contributed by atoms with van der Waals surface area (Å²) < 4.78 is 5.53. The number of carboxylic acid groups (broad SMARTS) is 3. The molecule has 0 N–H and O–H groups in total. The molecule has 0 aliphatic rings. The van der Waals surface area contributed by atoms with E-state index in [1.807, 2.05) is 0 Å². The maximum Gasteiger partial charge on any atom is 1.00 e. The molecule has 14 heteroatoms. The van der Waals surface area contributed by atoms with Gasteiger partial charge in [0, 0.05) is 12.4 Å². The average Bonchev–Trinajstić information content (AvgIpc) is 3.24. The average molecular weight is 500 g/mol. The van der Waals surface area contributed by atoms with Crippen LogP contribution in [0.15, 0.2) is 24.3 Å². The van der Waals surface area contributed by atoms with Crippen LogP contribution in [0.3, 0.4) is 0 Å². The molecule has 0 spiro atoms. The van der Waals surface area contributed by atoms with Gasteiger partial charge in [-0.05, 0) is 24.6 Å². The van der Waals surface area contributed by atoms with E-state index in [-0.39, 0.29) is 133 Å². The summed E-state index contributed by atoms with van der Waals surface area (Å²) in [4.78, 5) is 41.2. The van der Waals surface area contributed by atoms with E-state index in [4.69, 9.17) is 4.74 Å². The minimum Gasteiger partial charge on any atom is -0.550 e. The Balaban J connectivity index is 0.00000320. The predicted molar refractivity (Wildman–Crippen MR) is 96.1 cm³/mol. The van der Waals surface area contributed by atoms with Crippen molar-refractivity contribution in [2.24, 2.45) is 0 Å². The number of hydrogen-bond acceptors (Lipinski definition) is 11. The largest absolute Gasteiger partial charge is 1.00 e. The third-order valence-electron chi connectivity index (χ3n) is 3.70. The summed E-state index contributed by atoms with van der Waals surface area (Å²) in [5.41, 5.74) is 0.892. The molecule has 0 amide bonds. The van der Waals surface area contributed by atoms with Gasteiger partial charge in [-0.3, -0.25) is 0 Å². The van der Waals surface area contributed by atoms with Gasteiger partial charge in [-0.25, -0.2) is 9.97 Å². The summed E-state index contributed by atoms with van der Waals surface area (Å²) >= 11 is 1.65. The molecule has 0 unspecified atom stereocenters. The smallest absolute Gasteiger partial charge is 0.550 e. The molecule has 3 rings (SSSR count). The van der Waals surface area contributed by atoms with E-state index in [9.17, 15) is 29.7 Å². The Morgan fingerprint density at radius 1 is 0.875 bits per heavy atom. The third kappa shape index (κ3) is 8.17. The van der Waals surface area contributed by atoms with Crippen LogP contribution in [0.2, 0.25) is 0 Å². The van der Waals surface area contributed by atoms with Crippen LogP contribution in [-0.4, -0.2) is 27.9 Å². The topological polar surface area (TPSA) is 155 Å². The number of carbonyl (C=O) groups is 3. The molecule has 150 valence electrons. The summed E-state index contributed by atoms with van der Waals surface area (Å²) in [5, 5.41) is 33.6. The van der Waals surface area contributed by atoms with Crippen molar-refractivity contribution in [1.29, 1.82) is 0 Å². The molecular weight excluding hydrogens is 489 g/mol. The standard InChI is InChI=1S/C18H14N2O7S2.3Na/c1-8-13(17(23)24)28-15(19-8)16-20-11(14(29-16)18(25)26)7-27-10-4-2-9(3-5-10)6-12(21)22;;;/h2-5H,6-7H2,1H3,(H,21,22)(H,23,24)(H,25,26);;;/q;3*+1/p-3. The van der Waals surface area contributed by atoms with Gasteiger partial charge in [0.25, 0.3) is 0 Å². The number of hydrogen-bond donors (Lipinski definition) is 0. The van der Waals surface area contributed by atoms with Crippen LogP contribution in [0.25, 0.3) is 10.0 Å². The zero-order valence-electron chi connectivity index (χ0n) is 17.8. The molecule has 2 heterocycles. The Morgan fingerprint density at radius 2 is 1.41 bits per heavy atom. The van der Waals surface area contributed by atoms with Gasteiger partial charge in [0.05, 0.1) is 33.1 Å². The fourth-order valence-corrected chi connectivity index (χ4v) is 4.22. The van der Waals surface area contributed by atoms with Crippen LogP contribution in [-0.2, 0) is 17.8 Å². The first-order chi connectivity index (χ1) is 13.7. The summed E-state index contributed by atoms with van der Waals surface area (Å²) in [7, 11) is 0. The number of aliphatic carboxylic acids is 1.